The van der Waals surface area contributed by atoms with Crippen molar-refractivity contribution in [1.29, 1.82) is 0 Å². The predicted octanol–water partition coefficient (Wildman–Crippen LogP) is 3.59. The van der Waals surface area contributed by atoms with Crippen LogP contribution in [0.1, 0.15) is 16.9 Å². The zero-order valence-corrected chi connectivity index (χ0v) is 14.9. The van der Waals surface area contributed by atoms with Crippen LogP contribution in [0.2, 0.25) is 0 Å². The maximum atomic E-state index is 11.9. The van der Waals surface area contributed by atoms with Crippen molar-refractivity contribution in [2.45, 2.75) is 6.42 Å². The van der Waals surface area contributed by atoms with E-state index in [2.05, 4.69) is 10.5 Å². The molecule has 0 bridgehead atoms. The standard InChI is InChI=1S/C22H18N2O4/c25-21(15-17-6-2-1-3-7-17)24-23-16-18-8-4-9-20(14-18)28-22(26)12-11-19-10-5-13-27-19/h1-14,16H,15H2,(H,24,25)/b12-11+,23-16+. The highest BCUT2D eigenvalue weighted by Crippen LogP contribution is 2.13. The van der Waals surface area contributed by atoms with Gasteiger partial charge in [-0.3, -0.25) is 4.79 Å². The number of amides is 1. The fourth-order valence-corrected chi connectivity index (χ4v) is 2.34. The number of hydrazone groups is 1. The average molecular weight is 374 g/mol. The quantitative estimate of drug-likeness (QED) is 0.225. The lowest BCUT2D eigenvalue weighted by molar-refractivity contribution is -0.129. The van der Waals surface area contributed by atoms with Crippen LogP contribution in [-0.2, 0) is 16.0 Å². The Morgan fingerprint density at radius 2 is 1.89 bits per heavy atom. The molecule has 1 N–H and O–H groups in total. The lowest BCUT2D eigenvalue weighted by atomic mass is 10.1. The van der Waals surface area contributed by atoms with E-state index >= 15 is 0 Å². The van der Waals surface area contributed by atoms with Gasteiger partial charge in [0.1, 0.15) is 11.5 Å². The molecule has 0 fully saturated rings. The van der Waals surface area contributed by atoms with E-state index < -0.39 is 5.97 Å². The van der Waals surface area contributed by atoms with Crippen LogP contribution in [0.4, 0.5) is 0 Å². The summed E-state index contributed by atoms with van der Waals surface area (Å²) in [7, 11) is 0. The molecule has 0 radical (unpaired) electrons. The van der Waals surface area contributed by atoms with Gasteiger partial charge in [-0.15, -0.1) is 0 Å². The number of hydrogen-bond acceptors (Lipinski definition) is 5. The molecule has 0 saturated carbocycles. The molecular formula is C22H18N2O4. The van der Waals surface area contributed by atoms with Crippen molar-refractivity contribution < 1.29 is 18.7 Å². The Morgan fingerprint density at radius 1 is 1.04 bits per heavy atom. The molecule has 6 heteroatoms. The van der Waals surface area contributed by atoms with Crippen LogP contribution in [0.15, 0.2) is 88.6 Å². The molecule has 2 aromatic carbocycles. The van der Waals surface area contributed by atoms with E-state index in [9.17, 15) is 9.59 Å². The van der Waals surface area contributed by atoms with E-state index in [1.54, 1.807) is 36.4 Å². The van der Waals surface area contributed by atoms with Crippen molar-refractivity contribution in [3.05, 3.63) is 96.0 Å². The SMILES string of the molecule is O=C(Cc1ccccc1)N/N=C/c1cccc(OC(=O)/C=C/c2ccco2)c1. The minimum Gasteiger partial charge on any atom is -0.465 e. The van der Waals surface area contributed by atoms with Gasteiger partial charge >= 0.3 is 5.97 Å². The highest BCUT2D eigenvalue weighted by molar-refractivity contribution is 5.89. The summed E-state index contributed by atoms with van der Waals surface area (Å²) < 4.78 is 10.4. The fraction of sp³-hybridized carbons (Fsp3) is 0.0455. The van der Waals surface area contributed by atoms with Gasteiger partial charge in [-0.05, 0) is 41.5 Å². The van der Waals surface area contributed by atoms with Gasteiger partial charge in [0, 0.05) is 6.08 Å². The molecule has 0 atom stereocenters. The molecule has 1 amide bonds. The number of nitrogens with one attached hydrogen (secondary N) is 1. The van der Waals surface area contributed by atoms with Crippen LogP contribution >= 0.6 is 0 Å². The Labute approximate surface area is 162 Å². The molecule has 0 aliphatic carbocycles. The summed E-state index contributed by atoms with van der Waals surface area (Å²) in [5.41, 5.74) is 4.07. The second-order valence-electron chi connectivity index (χ2n) is 5.80. The number of carbonyl (C=O) groups is 2. The molecule has 3 rings (SSSR count). The minimum absolute atomic E-state index is 0.215. The first-order valence-electron chi connectivity index (χ1n) is 8.58. The molecule has 0 spiro atoms. The summed E-state index contributed by atoms with van der Waals surface area (Å²) in [5.74, 6) is 0.187. The fourth-order valence-electron chi connectivity index (χ4n) is 2.34. The van der Waals surface area contributed by atoms with Gasteiger partial charge < -0.3 is 9.15 Å². The summed E-state index contributed by atoms with van der Waals surface area (Å²) in [6.07, 6.45) is 6.06. The monoisotopic (exact) mass is 374 g/mol. The molecule has 1 heterocycles. The molecule has 1 aromatic heterocycles. The number of nitrogens with zero attached hydrogens (tertiary/aromatic N) is 1. The van der Waals surface area contributed by atoms with Crippen LogP contribution in [0.25, 0.3) is 6.08 Å². The number of ether oxygens (including phenoxy) is 1. The zero-order chi connectivity index (χ0) is 19.6. The van der Waals surface area contributed by atoms with E-state index in [1.807, 2.05) is 30.3 Å². The first-order valence-corrected chi connectivity index (χ1v) is 8.58. The normalized spacial score (nSPS) is 11.0. The summed E-state index contributed by atoms with van der Waals surface area (Å²) >= 11 is 0. The van der Waals surface area contributed by atoms with Crippen LogP contribution in [0.3, 0.4) is 0 Å². The van der Waals surface area contributed by atoms with Gasteiger partial charge in [-0.25, -0.2) is 10.2 Å². The lowest BCUT2D eigenvalue weighted by Gasteiger charge is -2.02. The highest BCUT2D eigenvalue weighted by atomic mass is 16.5. The van der Waals surface area contributed by atoms with E-state index in [0.29, 0.717) is 17.1 Å². The van der Waals surface area contributed by atoms with Gasteiger partial charge in [0.15, 0.2) is 0 Å². The minimum atomic E-state index is -0.526. The van der Waals surface area contributed by atoms with Crippen molar-refractivity contribution in [3.63, 3.8) is 0 Å². The second kappa shape index (κ2) is 9.68. The Morgan fingerprint density at radius 3 is 2.68 bits per heavy atom. The van der Waals surface area contributed by atoms with E-state index in [1.165, 1.54) is 24.6 Å². The summed E-state index contributed by atoms with van der Waals surface area (Å²) in [6, 6.07) is 19.7. The second-order valence-corrected chi connectivity index (χ2v) is 5.80. The maximum absolute atomic E-state index is 11.9. The smallest absolute Gasteiger partial charge is 0.336 e. The number of hydrogen-bond donors (Lipinski definition) is 1. The van der Waals surface area contributed by atoms with Gasteiger partial charge in [0.05, 0.1) is 18.9 Å². The highest BCUT2D eigenvalue weighted by Gasteiger charge is 2.03. The number of benzene rings is 2. The molecule has 0 aliphatic rings. The molecule has 3 aromatic rings. The third-order valence-corrected chi connectivity index (χ3v) is 3.61. The topological polar surface area (TPSA) is 80.9 Å². The summed E-state index contributed by atoms with van der Waals surface area (Å²) in [4.78, 5) is 23.7. The largest absolute Gasteiger partial charge is 0.465 e. The van der Waals surface area contributed by atoms with Crippen LogP contribution in [0, 0.1) is 0 Å². The lowest BCUT2D eigenvalue weighted by Crippen LogP contribution is -2.19. The van der Waals surface area contributed by atoms with Gasteiger partial charge in [-0.1, -0.05) is 42.5 Å². The molecule has 140 valence electrons. The van der Waals surface area contributed by atoms with Crippen LogP contribution < -0.4 is 10.2 Å². The third-order valence-electron chi connectivity index (χ3n) is 3.61. The molecular weight excluding hydrogens is 356 g/mol. The molecule has 0 unspecified atom stereocenters. The average Bonchev–Trinajstić information content (AvgIpc) is 3.21. The molecule has 6 nitrogen and oxygen atoms in total. The van der Waals surface area contributed by atoms with Crippen LogP contribution in [0.5, 0.6) is 5.75 Å². The van der Waals surface area contributed by atoms with Crippen molar-refractivity contribution in [2.24, 2.45) is 5.10 Å². The zero-order valence-electron chi connectivity index (χ0n) is 14.9. The number of rotatable bonds is 7. The molecule has 0 saturated heterocycles. The Bertz CT molecular complexity index is 977. The molecule has 28 heavy (non-hydrogen) atoms. The number of furan rings is 1. The Hall–Kier alpha value is -3.93. The van der Waals surface area contributed by atoms with E-state index in [4.69, 9.17) is 9.15 Å². The first kappa shape index (κ1) is 18.8. The van der Waals surface area contributed by atoms with Gasteiger partial charge in [-0.2, -0.15) is 5.10 Å². The maximum Gasteiger partial charge on any atom is 0.336 e. The first-order chi connectivity index (χ1) is 13.7. The van der Waals surface area contributed by atoms with Crippen molar-refractivity contribution in [3.8, 4) is 5.75 Å². The van der Waals surface area contributed by atoms with Gasteiger partial charge in [0.25, 0.3) is 0 Å². The number of carbonyl (C=O) groups excluding carboxylic acids is 2. The van der Waals surface area contributed by atoms with E-state index in [-0.39, 0.29) is 12.3 Å². The van der Waals surface area contributed by atoms with Crippen molar-refractivity contribution >= 4 is 24.2 Å². The summed E-state index contributed by atoms with van der Waals surface area (Å²) in [6.45, 7) is 0. The van der Waals surface area contributed by atoms with Gasteiger partial charge in [0.2, 0.25) is 5.91 Å². The van der Waals surface area contributed by atoms with Crippen molar-refractivity contribution in [1.82, 2.24) is 5.43 Å². The summed E-state index contributed by atoms with van der Waals surface area (Å²) in [5, 5.41) is 3.94. The third kappa shape index (κ3) is 6.10. The Balaban J connectivity index is 1.52. The predicted molar refractivity (Wildman–Crippen MR) is 106 cm³/mol. The number of esters is 1. The molecule has 0 aliphatic heterocycles. The van der Waals surface area contributed by atoms with E-state index in [0.717, 1.165) is 5.56 Å². The van der Waals surface area contributed by atoms with Crippen LogP contribution in [-0.4, -0.2) is 18.1 Å². The van der Waals surface area contributed by atoms with Crippen molar-refractivity contribution in [2.75, 3.05) is 0 Å². The Kier molecular flexibility index (Phi) is 6.52.